The van der Waals surface area contributed by atoms with Gasteiger partial charge in [-0.3, -0.25) is 0 Å². The molecule has 0 radical (unpaired) electrons. The van der Waals surface area contributed by atoms with Gasteiger partial charge in [0.05, 0.1) is 0 Å². The molecule has 1 fully saturated rings. The fourth-order valence-electron chi connectivity index (χ4n) is 2.09. The van der Waals surface area contributed by atoms with Crippen LogP contribution in [0.25, 0.3) is 0 Å². The number of ether oxygens (including phenoxy) is 1. The molecule has 72 valence electrons. The molecule has 0 atom stereocenters. The molecule has 1 rings (SSSR count). The minimum absolute atomic E-state index is 0.971. The molecule has 0 aromatic carbocycles. The SMILES string of the molecule is C[N+]1([CH2][Sn]([CH3])([CH3])[CH3])CCOCC1. The Morgan fingerprint density at radius 3 is 2.08 bits per heavy atom. The summed E-state index contributed by atoms with van der Waals surface area (Å²) >= 11 is -1.58. The molecule has 1 heterocycles. The summed E-state index contributed by atoms with van der Waals surface area (Å²) in [4.78, 5) is 7.56. The third-order valence-corrected chi connectivity index (χ3v) is 7.29. The van der Waals surface area contributed by atoms with Crippen molar-refractivity contribution in [3.05, 3.63) is 0 Å². The summed E-state index contributed by atoms with van der Waals surface area (Å²) < 4.78 is 8.13. The first kappa shape index (κ1) is 10.8. The second kappa shape index (κ2) is 3.84. The van der Waals surface area contributed by atoms with Crippen molar-refractivity contribution in [2.24, 2.45) is 0 Å². The zero-order valence-corrected chi connectivity index (χ0v) is 11.7. The quantitative estimate of drug-likeness (QED) is 0.547. The Morgan fingerprint density at radius 2 is 1.67 bits per heavy atom. The maximum absolute atomic E-state index is 5.39. The van der Waals surface area contributed by atoms with E-state index in [2.05, 4.69) is 21.9 Å². The van der Waals surface area contributed by atoms with Crippen LogP contribution in [0.1, 0.15) is 0 Å². The fraction of sp³-hybridized carbons (Fsp3) is 1.00. The van der Waals surface area contributed by atoms with Crippen LogP contribution in [0.2, 0.25) is 14.8 Å². The first-order chi connectivity index (χ1) is 5.41. The van der Waals surface area contributed by atoms with E-state index in [9.17, 15) is 0 Å². The van der Waals surface area contributed by atoms with Gasteiger partial charge in [-0.15, -0.1) is 0 Å². The summed E-state index contributed by atoms with van der Waals surface area (Å²) in [6.45, 7) is 4.40. The van der Waals surface area contributed by atoms with Gasteiger partial charge in [-0.25, -0.2) is 0 Å². The molecule has 2 nitrogen and oxygen atoms in total. The van der Waals surface area contributed by atoms with Crippen LogP contribution < -0.4 is 0 Å². The van der Waals surface area contributed by atoms with Crippen molar-refractivity contribution in [3.63, 3.8) is 0 Å². The molecule has 0 aliphatic carbocycles. The van der Waals surface area contributed by atoms with Gasteiger partial charge in [0, 0.05) is 0 Å². The van der Waals surface area contributed by atoms with E-state index in [0.29, 0.717) is 0 Å². The van der Waals surface area contributed by atoms with Gasteiger partial charge in [0.15, 0.2) is 0 Å². The van der Waals surface area contributed by atoms with Gasteiger partial charge >= 0.3 is 80.3 Å². The van der Waals surface area contributed by atoms with Gasteiger partial charge in [0.25, 0.3) is 0 Å². The molecule has 1 aliphatic rings. The maximum atomic E-state index is 5.39. The van der Waals surface area contributed by atoms with E-state index in [1.54, 1.807) is 0 Å². The van der Waals surface area contributed by atoms with Gasteiger partial charge in [0.1, 0.15) is 0 Å². The summed E-state index contributed by atoms with van der Waals surface area (Å²) in [6, 6.07) is 0. The van der Waals surface area contributed by atoms with Crippen LogP contribution in [-0.2, 0) is 4.74 Å². The Bertz CT molecular complexity index is 147. The molecule has 0 aromatic rings. The Labute approximate surface area is 80.4 Å². The predicted octanol–water partition coefficient (Wildman–Crippen LogP) is 1.34. The van der Waals surface area contributed by atoms with Gasteiger partial charge in [0.2, 0.25) is 0 Å². The summed E-state index contributed by atoms with van der Waals surface area (Å²) in [5.74, 6) is 0. The third-order valence-electron chi connectivity index (χ3n) is 2.41. The van der Waals surface area contributed by atoms with E-state index in [1.165, 1.54) is 22.1 Å². The van der Waals surface area contributed by atoms with Crippen molar-refractivity contribution >= 4 is 18.4 Å². The number of hydrogen-bond acceptors (Lipinski definition) is 1. The molecule has 0 aromatic heterocycles. The molecule has 0 spiro atoms. The van der Waals surface area contributed by atoms with E-state index in [4.69, 9.17) is 4.74 Å². The first-order valence-electron chi connectivity index (χ1n) is 4.83. The Balaban J connectivity index is 2.47. The van der Waals surface area contributed by atoms with Crippen LogP contribution in [0.5, 0.6) is 0 Å². The van der Waals surface area contributed by atoms with Crippen LogP contribution in [0.4, 0.5) is 0 Å². The second-order valence-corrected chi connectivity index (χ2v) is 20.9. The molecule has 12 heavy (non-hydrogen) atoms. The van der Waals surface area contributed by atoms with Crippen molar-refractivity contribution < 1.29 is 9.22 Å². The topological polar surface area (TPSA) is 9.23 Å². The standard InChI is InChI=1S/C6H13NO.3CH3.Sn/c1-7(2)3-5-8-6-4-7;;;;/h1,3-6H2,2H3;3*1H3;/q+1;;;;. The molecular weight excluding hydrogens is 257 g/mol. The van der Waals surface area contributed by atoms with Crippen LogP contribution in [0, 0.1) is 0 Å². The molecule has 0 amide bonds. The molecular formula is C9H22NOSn+. The van der Waals surface area contributed by atoms with E-state index in [1.807, 2.05) is 0 Å². The molecule has 0 bridgehead atoms. The van der Waals surface area contributed by atoms with E-state index >= 15 is 0 Å². The monoisotopic (exact) mass is 280 g/mol. The third kappa shape index (κ3) is 3.62. The Kier molecular flexibility index (Phi) is 3.46. The van der Waals surface area contributed by atoms with Crippen LogP contribution >= 0.6 is 0 Å². The zero-order valence-electron chi connectivity index (χ0n) is 8.89. The fourth-order valence-corrected chi connectivity index (χ4v) is 9.53. The normalized spacial score (nSPS) is 24.0. The number of nitrogens with zero attached hydrogens (tertiary/aromatic N) is 1. The van der Waals surface area contributed by atoms with Crippen molar-refractivity contribution in [1.29, 1.82) is 0 Å². The molecule has 0 N–H and O–H groups in total. The summed E-state index contributed by atoms with van der Waals surface area (Å²) in [5.41, 5.74) is 0. The van der Waals surface area contributed by atoms with E-state index in [-0.39, 0.29) is 0 Å². The zero-order chi connectivity index (χ0) is 9.24. The van der Waals surface area contributed by atoms with Gasteiger partial charge < -0.3 is 0 Å². The summed E-state index contributed by atoms with van der Waals surface area (Å²) in [5, 5.41) is 0. The van der Waals surface area contributed by atoms with Crippen molar-refractivity contribution in [3.8, 4) is 0 Å². The summed E-state index contributed by atoms with van der Waals surface area (Å²) in [6.07, 6.45) is 0. The van der Waals surface area contributed by atoms with Crippen molar-refractivity contribution in [1.82, 2.24) is 0 Å². The predicted molar refractivity (Wildman–Crippen MR) is 55.0 cm³/mol. The van der Waals surface area contributed by atoms with Gasteiger partial charge in [-0.05, 0) is 0 Å². The molecule has 3 heteroatoms. The van der Waals surface area contributed by atoms with Gasteiger partial charge in [-0.1, -0.05) is 0 Å². The number of hydrogen-bond donors (Lipinski definition) is 0. The molecule has 0 unspecified atom stereocenters. The van der Waals surface area contributed by atoms with Crippen molar-refractivity contribution in [2.75, 3.05) is 37.9 Å². The molecule has 1 saturated heterocycles. The number of quaternary nitrogens is 1. The number of likely N-dealkylation sites (N-methyl/N-ethyl adjacent to an activating group) is 1. The summed E-state index contributed by atoms with van der Waals surface area (Å²) in [7, 11) is 2.39. The van der Waals surface area contributed by atoms with Gasteiger partial charge in [-0.2, -0.15) is 0 Å². The first-order valence-corrected chi connectivity index (χ1v) is 15.4. The Hall–Kier alpha value is 0.719. The average Bonchev–Trinajstić information content (AvgIpc) is 1.83. The number of rotatable bonds is 2. The van der Waals surface area contributed by atoms with E-state index < -0.39 is 18.4 Å². The number of morpholine rings is 1. The minimum atomic E-state index is -1.58. The molecule has 0 saturated carbocycles. The van der Waals surface area contributed by atoms with Crippen LogP contribution in [0.3, 0.4) is 0 Å². The van der Waals surface area contributed by atoms with E-state index in [0.717, 1.165) is 13.2 Å². The Morgan fingerprint density at radius 1 is 1.17 bits per heavy atom. The average molecular weight is 279 g/mol. The second-order valence-electron chi connectivity index (χ2n) is 5.40. The molecule has 1 aliphatic heterocycles. The van der Waals surface area contributed by atoms with Crippen molar-refractivity contribution in [2.45, 2.75) is 14.8 Å². The van der Waals surface area contributed by atoms with Crippen LogP contribution in [-0.4, -0.2) is 60.8 Å². The van der Waals surface area contributed by atoms with Crippen LogP contribution in [0.15, 0.2) is 0 Å².